The summed E-state index contributed by atoms with van der Waals surface area (Å²) in [5.74, 6) is 0. The highest BCUT2D eigenvalue weighted by Gasteiger charge is 2.75. The zero-order valence-corrected chi connectivity index (χ0v) is 60.7. The molecule has 5 heteroatoms. The van der Waals surface area contributed by atoms with Gasteiger partial charge in [0.25, 0.3) is 0 Å². The quantitative estimate of drug-likeness (QED) is 0.0854. The second kappa shape index (κ2) is 26.4. The van der Waals surface area contributed by atoms with Crippen LogP contribution in [0.15, 0.2) is 413 Å². The zero-order chi connectivity index (χ0) is 68.9. The van der Waals surface area contributed by atoms with E-state index >= 15 is 0 Å². The molecule has 0 spiro atoms. The fourth-order valence-corrected chi connectivity index (χ4v) is 61.4. The maximum Gasteiger partial charge on any atom is 0.222 e. The molecule has 0 radical (unpaired) electrons. The Morgan fingerprint density at radius 1 is 0.165 bits per heavy atom. The van der Waals surface area contributed by atoms with Crippen molar-refractivity contribution in [1.82, 2.24) is 8.47 Å². The molecule has 0 fully saturated rings. The number of rotatable bonds is 16. The van der Waals surface area contributed by atoms with Gasteiger partial charge in [-0.25, -0.2) is 0 Å². The lowest BCUT2D eigenvalue weighted by Gasteiger charge is -2.59. The highest BCUT2D eigenvalue weighted by Crippen LogP contribution is 2.44. The number of para-hydroxylation sites is 2. The molecule has 0 N–H and O–H groups in total. The van der Waals surface area contributed by atoms with E-state index in [1.165, 1.54) is 153 Å². The third kappa shape index (κ3) is 10.4. The Morgan fingerprint density at radius 3 is 0.602 bits per heavy atom. The smallest absolute Gasteiger partial charge is 0.222 e. The van der Waals surface area contributed by atoms with Gasteiger partial charge in [-0.15, -0.1) is 0 Å². The van der Waals surface area contributed by atoms with Crippen molar-refractivity contribution in [3.8, 4) is 66.8 Å². The molecule has 488 valence electrons. The summed E-state index contributed by atoms with van der Waals surface area (Å²) in [7, 11) is -13.0. The molecule has 16 aromatic carbocycles. The Hall–Kier alpha value is -12.2. The number of benzene rings is 16. The summed E-state index contributed by atoms with van der Waals surface area (Å²) in [5.41, 5.74) is 21.4. The monoisotopic (exact) mass is 1360 g/mol. The maximum absolute atomic E-state index is 4.41. The number of aromatic nitrogens is 2. The van der Waals surface area contributed by atoms with Gasteiger partial charge in [0.05, 0.1) is 0 Å². The molecule has 0 aliphatic rings. The van der Waals surface area contributed by atoms with Crippen LogP contribution in [0.5, 0.6) is 0 Å². The van der Waals surface area contributed by atoms with Crippen LogP contribution < -0.4 is 31.1 Å². The molecular formula is C98H74N2Si3. The van der Waals surface area contributed by atoms with E-state index in [2.05, 4.69) is 435 Å². The Balaban J connectivity index is 1.17. The molecule has 103 heavy (non-hydrogen) atoms. The van der Waals surface area contributed by atoms with Crippen molar-refractivity contribution in [2.75, 3.05) is 0 Å². The molecule has 0 amide bonds. The molecule has 0 saturated carbocycles. The normalized spacial score (nSPS) is 12.0. The second-order valence-corrected chi connectivity index (χ2v) is 46.6. The number of hydrogen-bond donors (Lipinski definition) is 0. The van der Waals surface area contributed by atoms with E-state index < -0.39 is 22.6 Å². The van der Waals surface area contributed by atoms with E-state index in [1.807, 2.05) is 0 Å². The van der Waals surface area contributed by atoms with Gasteiger partial charge in [0.15, 0.2) is 7.11 Å². The standard InChI is InChI=1S/C98H74N2Si3/c1-71-41-67-97-93(69-71)91-37-21-23-39-95(91)99(97)101(85-55-43-79(44-56-85)73-25-9-3-10-26-73,86-57-45-80(46-58-86)74-27-11-4-12-28-74)103(89-63-51-83(52-64-89)77-33-17-7-18-34-77,90-65-53-84(54-66-90)78-35-19-8-20-36-78)102(87-59-47-81(48-60-87)75-29-13-5-14-30-75,88-61-49-82(50-62-88)76-31-15-6-16-32-76)100-96-40-24-22-38-92(96)94-70-72(2)42-68-98(94)100/h3-70H,1-2H3. The van der Waals surface area contributed by atoms with Gasteiger partial charge in [0, 0.05) is 43.6 Å². The molecule has 0 aliphatic carbocycles. The summed E-state index contributed by atoms with van der Waals surface area (Å²) in [5, 5.41) is 13.0. The number of fused-ring (bicyclic) bond motifs is 6. The summed E-state index contributed by atoms with van der Waals surface area (Å²) in [6.45, 7) is 4.53. The number of nitrogens with zero attached hydrogens (tertiary/aromatic N) is 2. The van der Waals surface area contributed by atoms with Crippen LogP contribution in [0.1, 0.15) is 11.1 Å². The average Bonchev–Trinajstić information content (AvgIpc) is 1.64. The van der Waals surface area contributed by atoms with Crippen LogP contribution in [-0.2, 0) is 0 Å². The summed E-state index contributed by atoms with van der Waals surface area (Å²) in [6.07, 6.45) is 0. The minimum atomic E-state index is -4.41. The van der Waals surface area contributed by atoms with Crippen LogP contribution in [-0.4, -0.2) is 31.1 Å². The molecule has 0 bridgehead atoms. The number of hydrogen-bond acceptors (Lipinski definition) is 0. The Morgan fingerprint density at radius 2 is 0.359 bits per heavy atom. The Bertz CT molecular complexity index is 5500. The van der Waals surface area contributed by atoms with Gasteiger partial charge in [0.2, 0.25) is 15.5 Å². The van der Waals surface area contributed by atoms with E-state index in [4.69, 9.17) is 0 Å². The third-order valence-electron chi connectivity index (χ3n) is 21.9. The van der Waals surface area contributed by atoms with E-state index in [0.717, 1.165) is 0 Å². The molecule has 0 atom stereocenters. The van der Waals surface area contributed by atoms with Gasteiger partial charge in [-0.1, -0.05) is 398 Å². The highest BCUT2D eigenvalue weighted by molar-refractivity contribution is 7.85. The summed E-state index contributed by atoms with van der Waals surface area (Å²) >= 11 is 0. The molecule has 0 unspecified atom stereocenters. The van der Waals surface area contributed by atoms with E-state index in [-0.39, 0.29) is 0 Å². The van der Waals surface area contributed by atoms with E-state index in [9.17, 15) is 0 Å². The van der Waals surface area contributed by atoms with Crippen molar-refractivity contribution in [2.45, 2.75) is 13.8 Å². The molecule has 0 saturated heterocycles. The van der Waals surface area contributed by atoms with Crippen LogP contribution in [0, 0.1) is 13.8 Å². The Labute approximate surface area is 605 Å². The van der Waals surface area contributed by atoms with Gasteiger partial charge in [-0.05, 0) is 138 Å². The molecule has 2 heterocycles. The first-order valence-corrected chi connectivity index (χ1v) is 43.8. The maximum atomic E-state index is 3.06. The average molecular weight is 1360 g/mol. The topological polar surface area (TPSA) is 9.86 Å². The van der Waals surface area contributed by atoms with Crippen molar-refractivity contribution in [3.05, 3.63) is 424 Å². The van der Waals surface area contributed by atoms with E-state index in [0.29, 0.717) is 0 Å². The predicted molar refractivity (Wildman–Crippen MR) is 445 cm³/mol. The van der Waals surface area contributed by atoms with E-state index in [1.54, 1.807) is 0 Å². The van der Waals surface area contributed by atoms with Crippen LogP contribution >= 0.6 is 0 Å². The second-order valence-electron chi connectivity index (χ2n) is 27.6. The first-order valence-electron chi connectivity index (χ1n) is 35.9. The molecule has 2 nitrogen and oxygen atoms in total. The van der Waals surface area contributed by atoms with Gasteiger partial charge in [0.1, 0.15) is 0 Å². The SMILES string of the molecule is Cc1ccc2c(c1)c1ccccc1n2[Si](c1ccc(-c2ccccc2)cc1)(c1ccc(-c2ccccc2)cc1)[Si](c1ccc(-c2ccccc2)cc1)(c1ccc(-c2ccccc2)cc1)[Si](c1ccc(-c2ccccc2)cc1)(c1ccc(-c2ccccc2)cc1)n1c2ccccc2c2cc(C)ccc21. The molecule has 0 aliphatic heterocycles. The molecule has 18 aromatic rings. The van der Waals surface area contributed by atoms with Gasteiger partial charge in [-0.2, -0.15) is 0 Å². The van der Waals surface area contributed by atoms with Gasteiger partial charge >= 0.3 is 0 Å². The van der Waals surface area contributed by atoms with Crippen LogP contribution in [0.2, 0.25) is 0 Å². The molecular weight excluding hydrogens is 1290 g/mol. The molecule has 18 rings (SSSR count). The van der Waals surface area contributed by atoms with Crippen LogP contribution in [0.4, 0.5) is 0 Å². The zero-order valence-electron chi connectivity index (χ0n) is 57.7. The van der Waals surface area contributed by atoms with Crippen molar-refractivity contribution >= 4 is 97.3 Å². The number of aryl methyl sites for hydroxylation is 2. The largest absolute Gasteiger partial charge is 0.361 e. The first-order chi connectivity index (χ1) is 50.9. The van der Waals surface area contributed by atoms with Crippen LogP contribution in [0.25, 0.3) is 110 Å². The van der Waals surface area contributed by atoms with Gasteiger partial charge in [-0.3, -0.25) is 0 Å². The highest BCUT2D eigenvalue weighted by atomic mass is 29.6. The lowest BCUT2D eigenvalue weighted by atomic mass is 10.1. The fraction of sp³-hybridized carbons (Fsp3) is 0.0204. The minimum Gasteiger partial charge on any atom is -0.361 e. The minimum absolute atomic E-state index is 1.17. The lowest BCUT2D eigenvalue weighted by molar-refractivity contribution is 1.30. The van der Waals surface area contributed by atoms with Gasteiger partial charge < -0.3 is 8.47 Å². The van der Waals surface area contributed by atoms with Crippen molar-refractivity contribution in [2.24, 2.45) is 0 Å². The summed E-state index contributed by atoms with van der Waals surface area (Å²) in [6, 6.07) is 161. The first kappa shape index (κ1) is 63.0. The van der Waals surface area contributed by atoms with Crippen molar-refractivity contribution in [1.29, 1.82) is 0 Å². The predicted octanol–water partition coefficient (Wildman–Crippen LogP) is 20.9. The molecule has 2 aromatic heterocycles. The third-order valence-corrected chi connectivity index (χ3v) is 54.7. The Kier molecular flexibility index (Phi) is 16.1. The summed E-state index contributed by atoms with van der Waals surface area (Å²) in [4.78, 5) is 0. The summed E-state index contributed by atoms with van der Waals surface area (Å²) < 4.78 is 6.12. The fourth-order valence-electron chi connectivity index (χ4n) is 17.4. The van der Waals surface area contributed by atoms with Crippen molar-refractivity contribution in [3.63, 3.8) is 0 Å². The lowest BCUT2D eigenvalue weighted by Crippen LogP contribution is -3.02. The van der Waals surface area contributed by atoms with Crippen LogP contribution in [0.3, 0.4) is 0 Å². The van der Waals surface area contributed by atoms with Crippen molar-refractivity contribution < 1.29 is 0 Å².